The molecule has 1 aliphatic rings. The van der Waals surface area contributed by atoms with Gasteiger partial charge in [0.25, 0.3) is 0 Å². The third kappa shape index (κ3) is 4.47. The number of halogens is 2. The Morgan fingerprint density at radius 3 is 1.96 bits per heavy atom. The van der Waals surface area contributed by atoms with Crippen LogP contribution in [-0.4, -0.2) is 0 Å². The van der Waals surface area contributed by atoms with Gasteiger partial charge in [0.05, 0.1) is 0 Å². The van der Waals surface area contributed by atoms with Gasteiger partial charge < -0.3 is 24.8 Å². The molecule has 0 heterocycles. The molecule has 127 valence electrons. The van der Waals surface area contributed by atoms with Crippen LogP contribution in [-0.2, 0) is 39.0 Å². The Labute approximate surface area is 174 Å². The molecule has 0 atom stereocenters. The quantitative estimate of drug-likeness (QED) is 0.361. The van der Waals surface area contributed by atoms with Crippen LogP contribution in [0, 0.1) is 6.07 Å². The molecule has 0 N–H and O–H groups in total. The van der Waals surface area contributed by atoms with Gasteiger partial charge >= 0.3 is 21.7 Å². The van der Waals surface area contributed by atoms with Crippen LogP contribution in [0.5, 0.6) is 0 Å². The van der Waals surface area contributed by atoms with Crippen molar-refractivity contribution in [2.75, 3.05) is 0 Å². The predicted molar refractivity (Wildman–Crippen MR) is 90.9 cm³/mol. The van der Waals surface area contributed by atoms with Gasteiger partial charge in [-0.2, -0.15) is 23.8 Å². The van der Waals surface area contributed by atoms with Gasteiger partial charge in [0, 0.05) is 0 Å². The first kappa shape index (κ1) is 23.7. The van der Waals surface area contributed by atoms with Crippen LogP contribution < -0.4 is 24.8 Å². The maximum atomic E-state index is 3.67. The number of benzene rings is 2. The van der Waals surface area contributed by atoms with Crippen molar-refractivity contribution < 1.29 is 46.5 Å². The van der Waals surface area contributed by atoms with Crippen molar-refractivity contribution in [3.63, 3.8) is 0 Å². The van der Waals surface area contributed by atoms with Crippen molar-refractivity contribution in [3.05, 3.63) is 58.7 Å². The summed E-state index contributed by atoms with van der Waals surface area (Å²) in [6.07, 6.45) is 1.03. The van der Waals surface area contributed by atoms with Crippen LogP contribution in [0.2, 0.25) is 0 Å². The molecule has 3 heteroatoms. The molecule has 0 aromatic heterocycles. The van der Waals surface area contributed by atoms with Crippen LogP contribution in [0.3, 0.4) is 0 Å². The summed E-state index contributed by atoms with van der Waals surface area (Å²) in [4.78, 5) is 0. The van der Waals surface area contributed by atoms with E-state index in [1.54, 1.807) is 0 Å². The summed E-state index contributed by atoms with van der Waals surface area (Å²) in [6.45, 7) is 13.6. The van der Waals surface area contributed by atoms with Crippen LogP contribution in [0.25, 0.3) is 11.1 Å². The molecule has 0 aliphatic heterocycles. The Morgan fingerprint density at radius 1 is 0.792 bits per heavy atom. The van der Waals surface area contributed by atoms with E-state index in [4.69, 9.17) is 0 Å². The van der Waals surface area contributed by atoms with Gasteiger partial charge in [0.1, 0.15) is 0 Å². The first-order valence-electron chi connectivity index (χ1n) is 7.86. The summed E-state index contributed by atoms with van der Waals surface area (Å²) in [5.74, 6) is 0. The van der Waals surface area contributed by atoms with E-state index < -0.39 is 0 Å². The summed E-state index contributed by atoms with van der Waals surface area (Å²) in [5, 5.41) is 0. The van der Waals surface area contributed by atoms with Crippen molar-refractivity contribution in [2.24, 2.45) is 0 Å². The third-order valence-corrected chi connectivity index (χ3v) is 4.47. The van der Waals surface area contributed by atoms with E-state index in [-0.39, 0.29) is 57.4 Å². The predicted octanol–water partition coefficient (Wildman–Crippen LogP) is -0.342. The van der Waals surface area contributed by atoms with Crippen molar-refractivity contribution in [3.8, 4) is 11.1 Å². The minimum Gasteiger partial charge on any atom is -1.00 e. The fraction of sp³-hybridized carbons (Fsp3) is 0.429. The normalized spacial score (nSPS) is 12.2. The molecule has 0 saturated carbocycles. The maximum absolute atomic E-state index is 3.67. The monoisotopic (exact) mass is 395 g/mol. The Morgan fingerprint density at radius 2 is 1.42 bits per heavy atom. The average molecular weight is 396 g/mol. The summed E-state index contributed by atoms with van der Waals surface area (Å²) in [5.41, 5.74) is 8.69. The second-order valence-electron chi connectivity index (χ2n) is 8.31. The molecule has 3 rings (SSSR count). The molecule has 1 radical (unpaired) electrons. The fourth-order valence-electron chi connectivity index (χ4n) is 3.01. The molecule has 0 amide bonds. The smallest absolute Gasteiger partial charge is 1.00 e. The second kappa shape index (κ2) is 7.96. The number of rotatable bonds is 0. The van der Waals surface area contributed by atoms with Gasteiger partial charge in [-0.3, -0.25) is 0 Å². The Bertz CT molecular complexity index is 707. The Kier molecular flexibility index (Phi) is 7.87. The van der Waals surface area contributed by atoms with Gasteiger partial charge in [-0.15, -0.1) is 11.1 Å². The Balaban J connectivity index is 0.00000176. The van der Waals surface area contributed by atoms with Gasteiger partial charge in [-0.05, 0) is 22.8 Å². The van der Waals surface area contributed by atoms with Crippen molar-refractivity contribution >= 4 is 0 Å². The van der Waals surface area contributed by atoms with E-state index in [1.807, 2.05) is 0 Å². The summed E-state index contributed by atoms with van der Waals surface area (Å²) in [6, 6.07) is 15.2. The molecule has 1 aliphatic carbocycles. The van der Waals surface area contributed by atoms with E-state index >= 15 is 0 Å². The second-order valence-corrected chi connectivity index (χ2v) is 8.31. The summed E-state index contributed by atoms with van der Waals surface area (Å²) in [7, 11) is 0. The zero-order valence-electron chi connectivity index (χ0n) is 15.3. The van der Waals surface area contributed by atoms with Crippen LogP contribution in [0.4, 0.5) is 0 Å². The SMILES string of the molecule is CC(C)(C)c1[c-]c2c(cc1)-c1cc(C(C)(C)C)ccc1C2.[Cl-].[Cl-].[Ti+3]. The number of hydrogen-bond donors (Lipinski definition) is 0. The first-order valence-corrected chi connectivity index (χ1v) is 7.86. The average Bonchev–Trinajstić information content (AvgIpc) is 2.73. The molecule has 24 heavy (non-hydrogen) atoms. The number of hydrogen-bond acceptors (Lipinski definition) is 0. The molecule has 0 spiro atoms. The van der Waals surface area contributed by atoms with Gasteiger partial charge in [-0.1, -0.05) is 70.9 Å². The van der Waals surface area contributed by atoms with Crippen molar-refractivity contribution in [1.29, 1.82) is 0 Å². The van der Waals surface area contributed by atoms with Crippen molar-refractivity contribution in [2.45, 2.75) is 58.8 Å². The molecule has 0 unspecified atom stereocenters. The molecule has 0 bridgehead atoms. The Hall–Kier alpha value is -0.266. The largest absolute Gasteiger partial charge is 3.00 e. The molecule has 2 aromatic carbocycles. The summed E-state index contributed by atoms with van der Waals surface area (Å²) < 4.78 is 0. The van der Waals surface area contributed by atoms with E-state index in [9.17, 15) is 0 Å². The molecule has 0 nitrogen and oxygen atoms in total. The van der Waals surface area contributed by atoms with Crippen LogP contribution >= 0.6 is 0 Å². The van der Waals surface area contributed by atoms with Gasteiger partial charge in [-0.25, -0.2) is 0 Å². The summed E-state index contributed by atoms with van der Waals surface area (Å²) >= 11 is 0. The van der Waals surface area contributed by atoms with E-state index in [0.29, 0.717) is 0 Å². The van der Waals surface area contributed by atoms with E-state index in [2.05, 4.69) is 77.9 Å². The van der Waals surface area contributed by atoms with E-state index in [1.165, 1.54) is 33.4 Å². The van der Waals surface area contributed by atoms with Gasteiger partial charge in [0.15, 0.2) is 0 Å². The van der Waals surface area contributed by atoms with Crippen molar-refractivity contribution in [1.82, 2.24) is 0 Å². The van der Waals surface area contributed by atoms with Gasteiger partial charge in [0.2, 0.25) is 0 Å². The number of fused-ring (bicyclic) bond motifs is 3. The maximum Gasteiger partial charge on any atom is 3.00 e. The zero-order chi connectivity index (χ0) is 15.4. The third-order valence-electron chi connectivity index (χ3n) is 4.47. The molecular formula is C21H25Cl2Ti. The molecule has 0 fully saturated rings. The molecular weight excluding hydrogens is 371 g/mol. The molecule has 0 saturated heterocycles. The van der Waals surface area contributed by atoms with Crippen LogP contribution in [0.15, 0.2) is 30.3 Å². The minimum absolute atomic E-state index is 0. The fourth-order valence-corrected chi connectivity index (χ4v) is 3.01. The molecule has 2 aromatic rings. The van der Waals surface area contributed by atoms with Crippen LogP contribution in [0.1, 0.15) is 63.8 Å². The zero-order valence-corrected chi connectivity index (χ0v) is 18.4. The standard InChI is InChI=1S/C21H25.2ClH.Ti/c1-20(2,3)16-9-10-18-15(12-16)11-14-7-8-17(13-19(14)18)21(4,5)6;;;/h7-10,13H,11H2,1-6H3;2*1H;/q-1;;;+3/p-2. The first-order chi connectivity index (χ1) is 9.66. The van der Waals surface area contributed by atoms with E-state index in [0.717, 1.165) is 6.42 Å². The minimum atomic E-state index is 0. The topological polar surface area (TPSA) is 0 Å².